The SMILES string of the molecule is CCCC1(c2nnc3cnc4[nH]ccc4n23)CCC(C)(NC(=O)N2CCCC2)CC1. The highest BCUT2D eigenvalue weighted by atomic mass is 16.2. The molecule has 2 aliphatic rings. The van der Waals surface area contributed by atoms with Gasteiger partial charge < -0.3 is 15.2 Å². The molecule has 0 spiro atoms. The number of H-pyrrole nitrogens is 1. The number of nitrogens with one attached hydrogen (secondary N) is 2. The quantitative estimate of drug-likeness (QED) is 0.686. The fraction of sp³-hybridized carbons (Fsp3) is 0.636. The van der Waals surface area contributed by atoms with E-state index in [4.69, 9.17) is 0 Å². The number of hydrogen-bond acceptors (Lipinski definition) is 4. The molecule has 2 fully saturated rings. The van der Waals surface area contributed by atoms with Gasteiger partial charge in [-0.05, 0) is 57.9 Å². The lowest BCUT2D eigenvalue weighted by Gasteiger charge is -2.45. The minimum absolute atomic E-state index is 0.0302. The van der Waals surface area contributed by atoms with Gasteiger partial charge in [0.2, 0.25) is 0 Å². The van der Waals surface area contributed by atoms with Crippen LogP contribution in [-0.2, 0) is 5.41 Å². The van der Waals surface area contributed by atoms with Crippen LogP contribution in [0.25, 0.3) is 16.8 Å². The first-order valence-electron chi connectivity index (χ1n) is 11.3. The highest BCUT2D eigenvalue weighted by Crippen LogP contribution is 2.46. The molecule has 160 valence electrons. The Labute approximate surface area is 176 Å². The van der Waals surface area contributed by atoms with Crippen molar-refractivity contribution in [3.05, 3.63) is 24.3 Å². The summed E-state index contributed by atoms with van der Waals surface area (Å²) < 4.78 is 2.18. The first-order valence-corrected chi connectivity index (χ1v) is 11.3. The third-order valence-corrected chi connectivity index (χ3v) is 7.26. The highest BCUT2D eigenvalue weighted by Gasteiger charge is 2.45. The van der Waals surface area contributed by atoms with Crippen LogP contribution in [0.4, 0.5) is 4.79 Å². The summed E-state index contributed by atoms with van der Waals surface area (Å²) in [5.41, 5.74) is 2.48. The van der Waals surface area contributed by atoms with E-state index in [1.807, 2.05) is 17.2 Å². The van der Waals surface area contributed by atoms with E-state index in [0.717, 1.165) is 87.1 Å². The second-order valence-electron chi connectivity index (χ2n) is 9.40. The topological polar surface area (TPSA) is 91.2 Å². The summed E-state index contributed by atoms with van der Waals surface area (Å²) >= 11 is 0. The van der Waals surface area contributed by atoms with Gasteiger partial charge in [-0.25, -0.2) is 9.78 Å². The summed E-state index contributed by atoms with van der Waals surface area (Å²) in [6.07, 6.45) is 12.0. The lowest BCUT2D eigenvalue weighted by Crippen LogP contribution is -2.54. The number of rotatable bonds is 4. The molecule has 0 unspecified atom stereocenters. The molecule has 1 saturated carbocycles. The van der Waals surface area contributed by atoms with Crippen molar-refractivity contribution >= 4 is 22.8 Å². The van der Waals surface area contributed by atoms with Gasteiger partial charge in [-0.2, -0.15) is 0 Å². The van der Waals surface area contributed by atoms with Gasteiger partial charge >= 0.3 is 6.03 Å². The van der Waals surface area contributed by atoms with Crippen LogP contribution in [0.3, 0.4) is 0 Å². The Kier molecular flexibility index (Phi) is 4.67. The smallest absolute Gasteiger partial charge is 0.317 e. The summed E-state index contributed by atoms with van der Waals surface area (Å²) in [5.74, 6) is 1.04. The fourth-order valence-electron chi connectivity index (χ4n) is 5.45. The van der Waals surface area contributed by atoms with E-state index >= 15 is 0 Å². The lowest BCUT2D eigenvalue weighted by molar-refractivity contribution is 0.147. The molecule has 1 saturated heterocycles. The Hall–Kier alpha value is -2.64. The molecule has 5 rings (SSSR count). The van der Waals surface area contributed by atoms with E-state index in [0.29, 0.717) is 0 Å². The van der Waals surface area contributed by atoms with Crippen LogP contribution in [-0.4, -0.2) is 54.1 Å². The summed E-state index contributed by atoms with van der Waals surface area (Å²) in [4.78, 5) is 22.3. The Morgan fingerprint density at radius 2 is 1.97 bits per heavy atom. The molecule has 0 aromatic carbocycles. The number of hydrogen-bond donors (Lipinski definition) is 2. The minimum atomic E-state index is -0.164. The molecule has 8 nitrogen and oxygen atoms in total. The maximum absolute atomic E-state index is 12.7. The van der Waals surface area contributed by atoms with Crippen LogP contribution in [0, 0.1) is 0 Å². The minimum Gasteiger partial charge on any atom is -0.345 e. The number of aromatic amines is 1. The molecule has 1 aliphatic carbocycles. The third kappa shape index (κ3) is 3.13. The van der Waals surface area contributed by atoms with Gasteiger partial charge in [-0.1, -0.05) is 13.3 Å². The molecule has 1 aliphatic heterocycles. The van der Waals surface area contributed by atoms with Gasteiger partial charge in [0, 0.05) is 30.2 Å². The zero-order valence-electron chi connectivity index (χ0n) is 17.9. The first kappa shape index (κ1) is 19.3. The van der Waals surface area contributed by atoms with Gasteiger partial charge in [-0.15, -0.1) is 10.2 Å². The number of fused-ring (bicyclic) bond motifs is 3. The average Bonchev–Trinajstić information content (AvgIpc) is 3.49. The number of amides is 2. The monoisotopic (exact) mass is 409 g/mol. The largest absolute Gasteiger partial charge is 0.345 e. The standard InChI is InChI=1S/C22H31N7O/c1-3-7-22(19-27-26-17-15-24-18-16(29(17)19)6-12-23-18)10-8-21(2,9-11-22)25-20(30)28-13-4-5-14-28/h6,12,15,23H,3-5,7-11,13-14H2,1-2H3,(H,25,30). The summed E-state index contributed by atoms with van der Waals surface area (Å²) in [6.45, 7) is 6.21. The highest BCUT2D eigenvalue weighted by molar-refractivity contribution is 5.75. The van der Waals surface area contributed by atoms with Crippen molar-refractivity contribution in [1.82, 2.24) is 34.8 Å². The number of aromatic nitrogens is 5. The van der Waals surface area contributed by atoms with Gasteiger partial charge in [0.1, 0.15) is 5.82 Å². The van der Waals surface area contributed by atoms with E-state index in [2.05, 4.69) is 43.7 Å². The fourth-order valence-corrected chi connectivity index (χ4v) is 5.45. The summed E-state index contributed by atoms with van der Waals surface area (Å²) in [5, 5.41) is 12.5. The number of nitrogens with zero attached hydrogens (tertiary/aromatic N) is 5. The molecule has 3 aromatic rings. The molecule has 8 heteroatoms. The number of carbonyl (C=O) groups excluding carboxylic acids is 1. The maximum atomic E-state index is 12.7. The second-order valence-corrected chi connectivity index (χ2v) is 9.40. The van der Waals surface area contributed by atoms with Crippen molar-refractivity contribution in [2.24, 2.45) is 0 Å². The van der Waals surface area contributed by atoms with Gasteiger partial charge in [0.25, 0.3) is 0 Å². The average molecular weight is 410 g/mol. The molecular weight excluding hydrogens is 378 g/mol. The lowest BCUT2D eigenvalue weighted by atomic mass is 9.65. The van der Waals surface area contributed by atoms with E-state index in [1.54, 1.807) is 6.20 Å². The van der Waals surface area contributed by atoms with Crippen LogP contribution in [0.1, 0.15) is 71.0 Å². The molecule has 0 radical (unpaired) electrons. The number of carbonyl (C=O) groups is 1. The van der Waals surface area contributed by atoms with E-state index in [9.17, 15) is 4.79 Å². The van der Waals surface area contributed by atoms with E-state index in [1.165, 1.54) is 0 Å². The van der Waals surface area contributed by atoms with Crippen molar-refractivity contribution < 1.29 is 4.79 Å². The van der Waals surface area contributed by atoms with Crippen molar-refractivity contribution in [2.75, 3.05) is 13.1 Å². The summed E-state index contributed by atoms with van der Waals surface area (Å²) in [6, 6.07) is 2.15. The Balaban J connectivity index is 1.43. The second kappa shape index (κ2) is 7.25. The van der Waals surface area contributed by atoms with E-state index < -0.39 is 0 Å². The molecule has 30 heavy (non-hydrogen) atoms. The zero-order valence-corrected chi connectivity index (χ0v) is 17.9. The molecule has 0 atom stereocenters. The van der Waals surface area contributed by atoms with Crippen molar-refractivity contribution in [3.63, 3.8) is 0 Å². The van der Waals surface area contributed by atoms with Crippen molar-refractivity contribution in [3.8, 4) is 0 Å². The number of likely N-dealkylation sites (tertiary alicyclic amines) is 1. The molecular formula is C22H31N7O. The van der Waals surface area contributed by atoms with Crippen LogP contribution in [0.15, 0.2) is 18.5 Å². The third-order valence-electron chi connectivity index (χ3n) is 7.26. The molecule has 2 amide bonds. The summed E-state index contributed by atoms with van der Waals surface area (Å²) in [7, 11) is 0. The maximum Gasteiger partial charge on any atom is 0.317 e. The molecule has 2 N–H and O–H groups in total. The number of urea groups is 1. The zero-order chi connectivity index (χ0) is 20.8. The van der Waals surface area contributed by atoms with Crippen LogP contribution >= 0.6 is 0 Å². The predicted molar refractivity (Wildman–Crippen MR) is 115 cm³/mol. The Bertz CT molecular complexity index is 1050. The van der Waals surface area contributed by atoms with Crippen LogP contribution in [0.2, 0.25) is 0 Å². The van der Waals surface area contributed by atoms with E-state index in [-0.39, 0.29) is 17.0 Å². The predicted octanol–water partition coefficient (Wildman–Crippen LogP) is 3.78. The normalized spacial score (nSPS) is 27.2. The van der Waals surface area contributed by atoms with Gasteiger partial charge in [-0.3, -0.25) is 4.40 Å². The van der Waals surface area contributed by atoms with Gasteiger partial charge in [0.05, 0.1) is 11.7 Å². The van der Waals surface area contributed by atoms with Gasteiger partial charge in [0.15, 0.2) is 11.3 Å². The molecule has 4 heterocycles. The van der Waals surface area contributed by atoms with Crippen LogP contribution < -0.4 is 5.32 Å². The van der Waals surface area contributed by atoms with Crippen molar-refractivity contribution in [2.45, 2.75) is 76.2 Å². The van der Waals surface area contributed by atoms with Crippen molar-refractivity contribution in [1.29, 1.82) is 0 Å². The Morgan fingerprint density at radius 1 is 1.20 bits per heavy atom. The Morgan fingerprint density at radius 3 is 2.70 bits per heavy atom. The molecule has 0 bridgehead atoms. The van der Waals surface area contributed by atoms with Crippen LogP contribution in [0.5, 0.6) is 0 Å². The first-order chi connectivity index (χ1) is 14.5. The molecule has 3 aromatic heterocycles.